The molecule has 0 aromatic heterocycles. The zero-order chi connectivity index (χ0) is 19.8. The molecule has 6 heteroatoms. The van der Waals surface area contributed by atoms with Crippen LogP contribution in [0.15, 0.2) is 24.3 Å². The maximum absolute atomic E-state index is 13.9. The summed E-state index contributed by atoms with van der Waals surface area (Å²) in [5, 5.41) is 3.09. The van der Waals surface area contributed by atoms with Crippen molar-refractivity contribution in [3.05, 3.63) is 30.1 Å². The third kappa shape index (κ3) is 6.17. The maximum Gasteiger partial charge on any atom is 0.246 e. The first-order valence-corrected chi connectivity index (χ1v) is 10.7. The van der Waals surface area contributed by atoms with Crippen molar-refractivity contribution in [2.45, 2.75) is 45.1 Å². The van der Waals surface area contributed by atoms with Crippen molar-refractivity contribution < 1.29 is 13.9 Å². The molecule has 156 valence electrons. The van der Waals surface area contributed by atoms with Gasteiger partial charge in [0.1, 0.15) is 12.4 Å². The first kappa shape index (κ1) is 21.1. The molecule has 1 aromatic rings. The summed E-state index contributed by atoms with van der Waals surface area (Å²) in [7, 11) is 0. The number of nitrogens with one attached hydrogen (secondary N) is 1. The number of hydrogen-bond donors (Lipinski definition) is 1. The van der Waals surface area contributed by atoms with Crippen LogP contribution in [0.1, 0.15) is 39.0 Å². The van der Waals surface area contributed by atoms with Gasteiger partial charge in [-0.1, -0.05) is 12.1 Å². The SMILES string of the molecule is CCOCC(=O)NC1CCC(CCN2CCN(c3ccccc3F)CC2)CC1. The molecule has 0 unspecified atom stereocenters. The summed E-state index contributed by atoms with van der Waals surface area (Å²) in [6.45, 7) is 7.55. The molecule has 2 fully saturated rings. The predicted molar refractivity (Wildman–Crippen MR) is 110 cm³/mol. The molecule has 1 saturated carbocycles. The molecule has 1 N–H and O–H groups in total. The molecule has 2 aliphatic rings. The van der Waals surface area contributed by atoms with Gasteiger partial charge in [0.25, 0.3) is 0 Å². The Hall–Kier alpha value is -1.66. The minimum atomic E-state index is -0.124. The quantitative estimate of drug-likeness (QED) is 0.740. The van der Waals surface area contributed by atoms with Crippen molar-refractivity contribution in [3.63, 3.8) is 0 Å². The van der Waals surface area contributed by atoms with E-state index >= 15 is 0 Å². The number of piperazine rings is 1. The fourth-order valence-corrected chi connectivity index (χ4v) is 4.35. The monoisotopic (exact) mass is 391 g/mol. The summed E-state index contributed by atoms with van der Waals surface area (Å²) < 4.78 is 19.1. The van der Waals surface area contributed by atoms with Crippen LogP contribution < -0.4 is 10.2 Å². The second kappa shape index (κ2) is 10.8. The largest absolute Gasteiger partial charge is 0.372 e. The summed E-state index contributed by atoms with van der Waals surface area (Å²) in [4.78, 5) is 16.4. The minimum absolute atomic E-state index is 0.0121. The van der Waals surface area contributed by atoms with E-state index in [2.05, 4.69) is 15.1 Å². The van der Waals surface area contributed by atoms with Gasteiger partial charge in [0.15, 0.2) is 0 Å². The Bertz CT molecular complexity index is 612. The number of nitrogens with zero attached hydrogens (tertiary/aromatic N) is 2. The molecular weight excluding hydrogens is 357 g/mol. The van der Waals surface area contributed by atoms with E-state index in [1.165, 1.54) is 25.3 Å². The Labute approximate surface area is 168 Å². The first-order valence-electron chi connectivity index (χ1n) is 10.7. The van der Waals surface area contributed by atoms with Crippen LogP contribution in [0, 0.1) is 11.7 Å². The third-order valence-electron chi connectivity index (χ3n) is 6.07. The smallest absolute Gasteiger partial charge is 0.246 e. The van der Waals surface area contributed by atoms with E-state index in [0.29, 0.717) is 12.6 Å². The number of anilines is 1. The molecule has 0 bridgehead atoms. The van der Waals surface area contributed by atoms with Crippen LogP contribution in [0.5, 0.6) is 0 Å². The van der Waals surface area contributed by atoms with Gasteiger partial charge in [0, 0.05) is 38.8 Å². The zero-order valence-corrected chi connectivity index (χ0v) is 17.0. The number of carbonyl (C=O) groups is 1. The first-order chi connectivity index (χ1) is 13.7. The number of para-hydroxylation sites is 1. The number of carbonyl (C=O) groups excluding carboxylic acids is 1. The predicted octanol–water partition coefficient (Wildman–Crippen LogP) is 3.05. The highest BCUT2D eigenvalue weighted by Crippen LogP contribution is 2.27. The number of benzene rings is 1. The van der Waals surface area contributed by atoms with Gasteiger partial charge in [-0.15, -0.1) is 0 Å². The van der Waals surface area contributed by atoms with Crippen LogP contribution in [0.25, 0.3) is 0 Å². The molecule has 5 nitrogen and oxygen atoms in total. The van der Waals surface area contributed by atoms with Crippen LogP contribution in [0.3, 0.4) is 0 Å². The van der Waals surface area contributed by atoms with Crippen molar-refractivity contribution in [1.29, 1.82) is 0 Å². The molecular formula is C22H34FN3O2. The van der Waals surface area contributed by atoms with Gasteiger partial charge in [-0.25, -0.2) is 4.39 Å². The third-order valence-corrected chi connectivity index (χ3v) is 6.07. The zero-order valence-electron chi connectivity index (χ0n) is 17.0. The molecule has 1 heterocycles. The number of ether oxygens (including phenoxy) is 1. The van der Waals surface area contributed by atoms with E-state index in [-0.39, 0.29) is 18.3 Å². The molecule has 1 amide bonds. The Morgan fingerprint density at radius 2 is 1.86 bits per heavy atom. The highest BCUT2D eigenvalue weighted by atomic mass is 19.1. The number of halogens is 1. The minimum Gasteiger partial charge on any atom is -0.372 e. The summed E-state index contributed by atoms with van der Waals surface area (Å²) >= 11 is 0. The average Bonchev–Trinajstić information content (AvgIpc) is 2.72. The van der Waals surface area contributed by atoms with E-state index in [4.69, 9.17) is 4.74 Å². The van der Waals surface area contributed by atoms with E-state index in [9.17, 15) is 9.18 Å². The lowest BCUT2D eigenvalue weighted by Gasteiger charge is -2.37. The molecule has 0 atom stereocenters. The van der Waals surface area contributed by atoms with Crippen molar-refractivity contribution in [2.24, 2.45) is 5.92 Å². The molecule has 3 rings (SSSR count). The normalized spacial score (nSPS) is 23.6. The second-order valence-electron chi connectivity index (χ2n) is 7.99. The molecule has 1 aromatic carbocycles. The maximum atomic E-state index is 13.9. The Balaban J connectivity index is 1.31. The van der Waals surface area contributed by atoms with Crippen LogP contribution >= 0.6 is 0 Å². The number of hydrogen-bond acceptors (Lipinski definition) is 4. The van der Waals surface area contributed by atoms with E-state index in [1.54, 1.807) is 6.07 Å². The van der Waals surface area contributed by atoms with Gasteiger partial charge in [0.2, 0.25) is 5.91 Å². The molecule has 28 heavy (non-hydrogen) atoms. The van der Waals surface area contributed by atoms with Gasteiger partial charge < -0.3 is 15.0 Å². The van der Waals surface area contributed by atoms with Gasteiger partial charge in [0.05, 0.1) is 5.69 Å². The fraction of sp³-hybridized carbons (Fsp3) is 0.682. The molecule has 1 aliphatic carbocycles. The number of rotatable bonds is 8. The van der Waals surface area contributed by atoms with Gasteiger partial charge >= 0.3 is 0 Å². The number of amides is 1. The Morgan fingerprint density at radius 3 is 2.54 bits per heavy atom. The summed E-state index contributed by atoms with van der Waals surface area (Å²) in [5.41, 5.74) is 0.729. The van der Waals surface area contributed by atoms with E-state index < -0.39 is 0 Å². The summed E-state index contributed by atoms with van der Waals surface area (Å²) in [5.74, 6) is 0.642. The lowest BCUT2D eigenvalue weighted by molar-refractivity contribution is -0.126. The molecule has 1 aliphatic heterocycles. The lowest BCUT2D eigenvalue weighted by Crippen LogP contribution is -2.47. The lowest BCUT2D eigenvalue weighted by atomic mass is 9.84. The van der Waals surface area contributed by atoms with Crippen LogP contribution in [0.2, 0.25) is 0 Å². The fourth-order valence-electron chi connectivity index (χ4n) is 4.35. The standard InChI is InChI=1S/C22H34FN3O2/c1-2-28-17-22(27)24-19-9-7-18(8-10-19)11-12-25-13-15-26(16-14-25)21-6-4-3-5-20(21)23/h3-6,18-19H,2,7-17H2,1H3,(H,24,27). The van der Waals surface area contributed by atoms with Crippen molar-refractivity contribution in [3.8, 4) is 0 Å². The summed E-state index contributed by atoms with van der Waals surface area (Å²) in [6.07, 6.45) is 5.75. The summed E-state index contributed by atoms with van der Waals surface area (Å²) in [6, 6.07) is 7.37. The average molecular weight is 392 g/mol. The molecule has 0 spiro atoms. The second-order valence-corrected chi connectivity index (χ2v) is 7.99. The topological polar surface area (TPSA) is 44.8 Å². The van der Waals surface area contributed by atoms with E-state index in [1.807, 2.05) is 19.1 Å². The van der Waals surface area contributed by atoms with Gasteiger partial charge in [-0.3, -0.25) is 9.69 Å². The van der Waals surface area contributed by atoms with Gasteiger partial charge in [-0.05, 0) is 63.6 Å². The highest BCUT2D eigenvalue weighted by molar-refractivity contribution is 5.77. The molecule has 1 saturated heterocycles. The van der Waals surface area contributed by atoms with Crippen LogP contribution in [0.4, 0.5) is 10.1 Å². The van der Waals surface area contributed by atoms with E-state index in [0.717, 1.165) is 57.2 Å². The Morgan fingerprint density at radius 1 is 1.14 bits per heavy atom. The molecule has 0 radical (unpaired) electrons. The van der Waals surface area contributed by atoms with Crippen LogP contribution in [-0.4, -0.2) is 62.8 Å². The van der Waals surface area contributed by atoms with Crippen molar-refractivity contribution >= 4 is 11.6 Å². The van der Waals surface area contributed by atoms with Crippen LogP contribution in [-0.2, 0) is 9.53 Å². The van der Waals surface area contributed by atoms with Crippen molar-refractivity contribution in [1.82, 2.24) is 10.2 Å². The Kier molecular flexibility index (Phi) is 8.10. The van der Waals surface area contributed by atoms with Gasteiger partial charge in [-0.2, -0.15) is 0 Å². The van der Waals surface area contributed by atoms with Crippen molar-refractivity contribution in [2.75, 3.05) is 50.8 Å². The highest BCUT2D eigenvalue weighted by Gasteiger charge is 2.24.